The molecule has 0 bridgehead atoms. The van der Waals surface area contributed by atoms with E-state index in [9.17, 15) is 11.7 Å². The van der Waals surface area contributed by atoms with Crippen LogP contribution < -0.4 is 0 Å². The molecule has 0 spiro atoms. The fourth-order valence-corrected chi connectivity index (χ4v) is 1.99. The zero-order valence-electron chi connectivity index (χ0n) is 6.40. The largest absolute Gasteiger partial charge is 0.278 e. The van der Waals surface area contributed by atoms with Gasteiger partial charge in [0.25, 0.3) is 11.4 Å². The van der Waals surface area contributed by atoms with Crippen molar-refractivity contribution in [2.24, 2.45) is 0 Å². The molecule has 0 N–H and O–H groups in total. The van der Waals surface area contributed by atoms with E-state index in [0.717, 1.165) is 12.8 Å². The molecule has 1 rings (SSSR count). The summed E-state index contributed by atoms with van der Waals surface area (Å²) in [5.74, 6) is 0. The Kier molecular flexibility index (Phi) is 2.70. The molecule has 0 atom stereocenters. The van der Waals surface area contributed by atoms with E-state index in [-0.39, 0.29) is 6.04 Å². The zero-order valence-corrected chi connectivity index (χ0v) is 7.21. The van der Waals surface area contributed by atoms with Gasteiger partial charge in [-0.25, -0.2) is 0 Å². The molecule has 0 amide bonds. The van der Waals surface area contributed by atoms with Crippen molar-refractivity contribution in [1.82, 2.24) is 4.31 Å². The Hall–Kier alpha value is 0.100. The summed E-state index contributed by atoms with van der Waals surface area (Å²) < 4.78 is 36.9. The van der Waals surface area contributed by atoms with Gasteiger partial charge in [-0.05, 0) is 12.8 Å². The molecule has 1 aliphatic carbocycles. The highest BCUT2D eigenvalue weighted by atomic mass is 32.3. The van der Waals surface area contributed by atoms with E-state index in [1.54, 1.807) is 0 Å². The fraction of sp³-hybridized carbons (Fsp3) is 1.00. The molecule has 0 aromatic rings. The van der Waals surface area contributed by atoms with Crippen molar-refractivity contribution >= 4 is 11.4 Å². The first-order valence-electron chi connectivity index (χ1n) is 3.67. The Balaban J connectivity index is 2.46. The molecule has 0 radical (unpaired) electrons. The van der Waals surface area contributed by atoms with Crippen molar-refractivity contribution in [2.45, 2.75) is 31.7 Å². The minimum Gasteiger partial charge on any atom is -0.193 e. The van der Waals surface area contributed by atoms with Gasteiger partial charge in [0.1, 0.15) is 0 Å². The van der Waals surface area contributed by atoms with Crippen LogP contribution in [0.25, 0.3) is 0 Å². The highest BCUT2D eigenvalue weighted by molar-refractivity contribution is 8.18. The highest BCUT2D eigenvalue weighted by Gasteiger charge is 2.34. The Morgan fingerprint density at radius 2 is 1.64 bits per heavy atom. The average Bonchev–Trinajstić information content (AvgIpc) is 2.34. The SMILES string of the molecule is CN(C1CCCC1)S(F)(F)F. The number of hydrogen-bond donors (Lipinski definition) is 0. The molecule has 0 heterocycles. The van der Waals surface area contributed by atoms with Gasteiger partial charge in [-0.3, -0.25) is 0 Å². The number of halogens is 3. The third kappa shape index (κ3) is 2.27. The molecular formula is C6H12F3NS. The van der Waals surface area contributed by atoms with Crippen LogP contribution >= 0.6 is 11.4 Å². The number of hydrogen-bond acceptors (Lipinski definition) is 1. The number of nitrogens with zero attached hydrogens (tertiary/aromatic N) is 1. The lowest BCUT2D eigenvalue weighted by Gasteiger charge is -2.28. The topological polar surface area (TPSA) is 3.24 Å². The Bertz CT molecular complexity index is 130. The van der Waals surface area contributed by atoms with Crippen LogP contribution in [0, 0.1) is 0 Å². The minimum absolute atomic E-state index is 0.231. The van der Waals surface area contributed by atoms with Gasteiger partial charge in [-0.2, -0.15) is 4.31 Å². The molecule has 1 saturated carbocycles. The number of rotatable bonds is 2. The van der Waals surface area contributed by atoms with Gasteiger partial charge in [-0.1, -0.05) is 12.8 Å². The normalized spacial score (nSPS) is 23.0. The van der Waals surface area contributed by atoms with Crippen molar-refractivity contribution < 1.29 is 11.7 Å². The van der Waals surface area contributed by atoms with E-state index in [0.29, 0.717) is 17.1 Å². The zero-order chi connectivity index (χ0) is 8.48. The summed E-state index contributed by atoms with van der Waals surface area (Å²) in [4.78, 5) is 0. The van der Waals surface area contributed by atoms with Crippen molar-refractivity contribution in [3.63, 3.8) is 0 Å². The smallest absolute Gasteiger partial charge is 0.193 e. The van der Waals surface area contributed by atoms with Gasteiger partial charge < -0.3 is 0 Å². The maximum absolute atomic E-state index is 12.1. The van der Waals surface area contributed by atoms with E-state index in [4.69, 9.17) is 0 Å². The van der Waals surface area contributed by atoms with Crippen molar-refractivity contribution in [1.29, 1.82) is 0 Å². The Labute approximate surface area is 66.9 Å². The van der Waals surface area contributed by atoms with Gasteiger partial charge in [0, 0.05) is 13.1 Å². The summed E-state index contributed by atoms with van der Waals surface area (Å²) in [7, 11) is 1.17. The standard InChI is InChI=1S/C6H12F3NS/c1-10(11(7,8)9)6-4-2-3-5-6/h6H,2-5H2,1H3. The molecule has 0 unspecified atom stereocenters. The molecular weight excluding hydrogens is 175 g/mol. The molecule has 0 aromatic heterocycles. The lowest BCUT2D eigenvalue weighted by atomic mass is 10.3. The minimum atomic E-state index is -4.95. The van der Waals surface area contributed by atoms with Crippen LogP contribution in [-0.4, -0.2) is 17.4 Å². The van der Waals surface area contributed by atoms with Crippen LogP contribution in [0.4, 0.5) is 11.7 Å². The molecule has 5 heteroatoms. The molecule has 11 heavy (non-hydrogen) atoms. The van der Waals surface area contributed by atoms with Gasteiger partial charge >= 0.3 is 0 Å². The third-order valence-corrected chi connectivity index (χ3v) is 3.12. The van der Waals surface area contributed by atoms with Gasteiger partial charge in [0.15, 0.2) is 0 Å². The first kappa shape index (κ1) is 9.19. The molecule has 0 aromatic carbocycles. The van der Waals surface area contributed by atoms with Gasteiger partial charge in [0.2, 0.25) is 0 Å². The van der Waals surface area contributed by atoms with Crippen molar-refractivity contribution in [2.75, 3.05) is 7.05 Å². The molecule has 0 aliphatic heterocycles. The third-order valence-electron chi connectivity index (χ3n) is 2.17. The van der Waals surface area contributed by atoms with Crippen LogP contribution in [0.15, 0.2) is 0 Å². The lowest BCUT2D eigenvalue weighted by Crippen LogP contribution is -2.26. The Morgan fingerprint density at radius 1 is 1.18 bits per heavy atom. The predicted molar refractivity (Wildman–Crippen MR) is 40.9 cm³/mol. The first-order valence-corrected chi connectivity index (χ1v) is 4.96. The maximum atomic E-state index is 12.1. The molecule has 0 saturated heterocycles. The van der Waals surface area contributed by atoms with Crippen LogP contribution in [0.5, 0.6) is 0 Å². The van der Waals surface area contributed by atoms with Gasteiger partial charge in [-0.15, -0.1) is 11.7 Å². The summed E-state index contributed by atoms with van der Waals surface area (Å²) in [5, 5.41) is 0. The van der Waals surface area contributed by atoms with Crippen molar-refractivity contribution in [3.05, 3.63) is 0 Å². The summed E-state index contributed by atoms with van der Waals surface area (Å²) in [6.45, 7) is 0. The summed E-state index contributed by atoms with van der Waals surface area (Å²) in [6, 6.07) is -0.231. The van der Waals surface area contributed by atoms with Crippen LogP contribution in [0.1, 0.15) is 25.7 Å². The van der Waals surface area contributed by atoms with Gasteiger partial charge in [0.05, 0.1) is 0 Å². The summed E-state index contributed by atoms with van der Waals surface area (Å²) in [5.41, 5.74) is 0. The monoisotopic (exact) mass is 187 g/mol. The fourth-order valence-electron chi connectivity index (χ4n) is 1.44. The maximum Gasteiger partial charge on any atom is 0.278 e. The summed E-state index contributed by atoms with van der Waals surface area (Å²) in [6.07, 6.45) is 3.32. The second-order valence-electron chi connectivity index (χ2n) is 2.87. The molecule has 1 aliphatic rings. The Morgan fingerprint density at radius 3 is 2.00 bits per heavy atom. The second-order valence-corrected chi connectivity index (χ2v) is 4.21. The average molecular weight is 187 g/mol. The van der Waals surface area contributed by atoms with Crippen LogP contribution in [0.3, 0.4) is 0 Å². The quantitative estimate of drug-likeness (QED) is 0.641. The van der Waals surface area contributed by atoms with Crippen molar-refractivity contribution in [3.8, 4) is 0 Å². The highest BCUT2D eigenvalue weighted by Crippen LogP contribution is 2.57. The van der Waals surface area contributed by atoms with E-state index in [2.05, 4.69) is 0 Å². The molecule has 1 nitrogen and oxygen atoms in total. The predicted octanol–water partition coefficient (Wildman–Crippen LogP) is 3.23. The molecule has 1 fully saturated rings. The van der Waals surface area contributed by atoms with E-state index in [1.807, 2.05) is 0 Å². The second kappa shape index (κ2) is 3.23. The van der Waals surface area contributed by atoms with E-state index >= 15 is 0 Å². The lowest BCUT2D eigenvalue weighted by molar-refractivity contribution is 0.349. The summed E-state index contributed by atoms with van der Waals surface area (Å²) >= 11 is -4.95. The first-order chi connectivity index (χ1) is 5.02. The van der Waals surface area contributed by atoms with E-state index in [1.165, 1.54) is 7.05 Å². The molecule has 68 valence electrons. The van der Waals surface area contributed by atoms with Crippen LogP contribution in [-0.2, 0) is 0 Å². The van der Waals surface area contributed by atoms with Crippen LogP contribution in [0.2, 0.25) is 0 Å². The van der Waals surface area contributed by atoms with E-state index < -0.39 is 11.4 Å².